The summed E-state index contributed by atoms with van der Waals surface area (Å²) >= 11 is 0. The second-order valence-corrected chi connectivity index (χ2v) is 5.14. The Bertz CT molecular complexity index is 791. The van der Waals surface area contributed by atoms with Gasteiger partial charge >= 0.3 is 6.03 Å². The van der Waals surface area contributed by atoms with Crippen molar-refractivity contribution in [3.63, 3.8) is 0 Å². The largest absolute Gasteiger partial charge is 0.366 e. The first-order chi connectivity index (χ1) is 10.1. The van der Waals surface area contributed by atoms with E-state index >= 15 is 0 Å². The molecule has 3 aromatic rings. The summed E-state index contributed by atoms with van der Waals surface area (Å²) in [7, 11) is 0. The lowest BCUT2D eigenvalue weighted by molar-refractivity contribution is 0.253. The normalized spacial score (nSPS) is 10.7. The van der Waals surface area contributed by atoms with Gasteiger partial charge in [-0.2, -0.15) is 0 Å². The minimum absolute atomic E-state index is 0.451. The van der Waals surface area contributed by atoms with Crippen molar-refractivity contribution in [1.29, 1.82) is 0 Å². The Labute approximate surface area is 123 Å². The molecule has 0 radical (unpaired) electrons. The Morgan fingerprint density at radius 3 is 2.76 bits per heavy atom. The summed E-state index contributed by atoms with van der Waals surface area (Å²) in [5, 5.41) is 2.23. The molecule has 1 heterocycles. The number of anilines is 1. The van der Waals surface area contributed by atoms with Crippen molar-refractivity contribution in [2.75, 3.05) is 4.90 Å². The fourth-order valence-electron chi connectivity index (χ4n) is 2.55. The van der Waals surface area contributed by atoms with E-state index in [4.69, 9.17) is 5.73 Å². The summed E-state index contributed by atoms with van der Waals surface area (Å²) in [6.45, 7) is 2.45. The predicted molar refractivity (Wildman–Crippen MR) is 85.2 cm³/mol. The molecule has 0 aliphatic carbocycles. The number of nitrogens with two attached hydrogens (primary N) is 1. The molecular formula is C17H17N3O. The second kappa shape index (κ2) is 5.32. The fourth-order valence-corrected chi connectivity index (χ4v) is 2.55. The van der Waals surface area contributed by atoms with Gasteiger partial charge in [0.1, 0.15) is 0 Å². The molecule has 4 nitrogen and oxygen atoms in total. The number of benzene rings is 2. The Morgan fingerprint density at radius 1 is 1.19 bits per heavy atom. The molecule has 0 saturated carbocycles. The number of aromatic nitrogens is 1. The van der Waals surface area contributed by atoms with Crippen LogP contribution in [0.3, 0.4) is 0 Å². The molecule has 106 valence electrons. The van der Waals surface area contributed by atoms with Gasteiger partial charge in [0.25, 0.3) is 0 Å². The van der Waals surface area contributed by atoms with E-state index in [0.29, 0.717) is 6.54 Å². The molecule has 21 heavy (non-hydrogen) atoms. The van der Waals surface area contributed by atoms with Crippen molar-refractivity contribution in [2.24, 2.45) is 5.73 Å². The predicted octanol–water partition coefficient (Wildman–Crippen LogP) is 3.56. The maximum absolute atomic E-state index is 11.8. The minimum atomic E-state index is -0.451. The summed E-state index contributed by atoms with van der Waals surface area (Å²) in [6.07, 6.45) is 3.89. The van der Waals surface area contributed by atoms with Crippen LogP contribution in [0.2, 0.25) is 0 Å². The number of carbonyl (C=O) groups excluding carboxylic acids is 1. The van der Waals surface area contributed by atoms with Crippen LogP contribution in [0.15, 0.2) is 54.9 Å². The van der Waals surface area contributed by atoms with Gasteiger partial charge in [-0.1, -0.05) is 30.3 Å². The molecule has 0 aliphatic heterocycles. The highest BCUT2D eigenvalue weighted by Gasteiger charge is 2.14. The van der Waals surface area contributed by atoms with Crippen molar-refractivity contribution < 1.29 is 4.79 Å². The lowest BCUT2D eigenvalue weighted by atomic mass is 10.1. The number of amides is 2. The first-order valence-corrected chi connectivity index (χ1v) is 6.83. The van der Waals surface area contributed by atoms with Crippen molar-refractivity contribution in [2.45, 2.75) is 13.5 Å². The van der Waals surface area contributed by atoms with Gasteiger partial charge in [0, 0.05) is 23.5 Å². The number of hydrogen-bond acceptors (Lipinski definition) is 1. The van der Waals surface area contributed by atoms with Gasteiger partial charge in [0.15, 0.2) is 0 Å². The van der Waals surface area contributed by atoms with Crippen LogP contribution in [0.1, 0.15) is 11.1 Å². The monoisotopic (exact) mass is 279 g/mol. The minimum Gasteiger partial charge on any atom is -0.366 e. The van der Waals surface area contributed by atoms with E-state index in [-0.39, 0.29) is 0 Å². The van der Waals surface area contributed by atoms with Crippen LogP contribution in [0.5, 0.6) is 0 Å². The Balaban J connectivity index is 2.00. The zero-order chi connectivity index (χ0) is 14.8. The SMILES string of the molecule is Cc1cccc(N(Cc2cccc3c[nH]cc23)C(N)=O)c1. The molecule has 0 aliphatic rings. The molecule has 2 amide bonds. The lowest BCUT2D eigenvalue weighted by Gasteiger charge is -2.21. The smallest absolute Gasteiger partial charge is 0.319 e. The number of H-pyrrole nitrogens is 1. The molecule has 2 aromatic carbocycles. The molecule has 4 heteroatoms. The van der Waals surface area contributed by atoms with Crippen LogP contribution in [0.4, 0.5) is 10.5 Å². The molecular weight excluding hydrogens is 262 g/mol. The number of fused-ring (bicyclic) bond motifs is 1. The Hall–Kier alpha value is -2.75. The molecule has 1 aromatic heterocycles. The molecule has 0 unspecified atom stereocenters. The van der Waals surface area contributed by atoms with Crippen molar-refractivity contribution in [1.82, 2.24) is 4.98 Å². The molecule has 0 atom stereocenters. The van der Waals surface area contributed by atoms with E-state index in [1.165, 1.54) is 0 Å². The molecule has 0 spiro atoms. The van der Waals surface area contributed by atoms with E-state index in [2.05, 4.69) is 4.98 Å². The number of aromatic amines is 1. The third-order valence-electron chi connectivity index (χ3n) is 3.60. The molecule has 0 fully saturated rings. The Morgan fingerprint density at radius 2 is 2.00 bits per heavy atom. The van der Waals surface area contributed by atoms with E-state index in [1.54, 1.807) is 4.90 Å². The van der Waals surface area contributed by atoms with Gasteiger partial charge in [-0.15, -0.1) is 0 Å². The van der Waals surface area contributed by atoms with Gasteiger partial charge in [-0.3, -0.25) is 4.90 Å². The zero-order valence-corrected chi connectivity index (χ0v) is 11.8. The summed E-state index contributed by atoms with van der Waals surface area (Å²) < 4.78 is 0. The third kappa shape index (κ3) is 2.60. The third-order valence-corrected chi connectivity index (χ3v) is 3.60. The van der Waals surface area contributed by atoms with Crippen molar-refractivity contribution >= 4 is 22.5 Å². The number of carbonyl (C=O) groups is 1. The maximum atomic E-state index is 11.8. The van der Waals surface area contributed by atoms with Crippen LogP contribution in [-0.2, 0) is 6.54 Å². The van der Waals surface area contributed by atoms with Gasteiger partial charge in [-0.05, 0) is 35.6 Å². The summed E-state index contributed by atoms with van der Waals surface area (Å²) in [4.78, 5) is 16.5. The van der Waals surface area contributed by atoms with E-state index in [9.17, 15) is 4.79 Å². The number of nitrogens with zero attached hydrogens (tertiary/aromatic N) is 1. The van der Waals surface area contributed by atoms with Crippen LogP contribution >= 0.6 is 0 Å². The molecule has 0 saturated heterocycles. The van der Waals surface area contributed by atoms with Crippen LogP contribution in [0.25, 0.3) is 10.8 Å². The average Bonchev–Trinajstić information content (AvgIpc) is 2.93. The zero-order valence-electron chi connectivity index (χ0n) is 11.8. The molecule has 3 rings (SSSR count). The van der Waals surface area contributed by atoms with Gasteiger partial charge < -0.3 is 10.7 Å². The highest BCUT2D eigenvalue weighted by Crippen LogP contribution is 2.23. The summed E-state index contributed by atoms with van der Waals surface area (Å²) in [5.74, 6) is 0. The number of primary amides is 1. The Kier molecular flexibility index (Phi) is 3.36. The second-order valence-electron chi connectivity index (χ2n) is 5.14. The van der Waals surface area contributed by atoms with Crippen molar-refractivity contribution in [3.8, 4) is 0 Å². The standard InChI is InChI=1S/C17H17N3O/c1-12-4-2-7-15(8-12)20(17(18)21)11-14-6-3-5-13-9-19-10-16(13)14/h2-10,19H,11H2,1H3,(H2,18,21). The number of urea groups is 1. The van der Waals surface area contributed by atoms with E-state index in [1.807, 2.05) is 61.8 Å². The molecule has 0 bridgehead atoms. The van der Waals surface area contributed by atoms with Crippen LogP contribution in [-0.4, -0.2) is 11.0 Å². The highest BCUT2D eigenvalue weighted by atomic mass is 16.2. The quantitative estimate of drug-likeness (QED) is 0.756. The van der Waals surface area contributed by atoms with Gasteiger partial charge in [-0.25, -0.2) is 4.79 Å². The van der Waals surface area contributed by atoms with Crippen molar-refractivity contribution in [3.05, 3.63) is 66.0 Å². The van der Waals surface area contributed by atoms with Gasteiger partial charge in [0.2, 0.25) is 0 Å². The highest BCUT2D eigenvalue weighted by molar-refractivity contribution is 5.92. The van der Waals surface area contributed by atoms with Crippen LogP contribution < -0.4 is 10.6 Å². The first kappa shape index (κ1) is 13.2. The maximum Gasteiger partial charge on any atom is 0.319 e. The van der Waals surface area contributed by atoms with E-state index in [0.717, 1.165) is 27.6 Å². The summed E-state index contributed by atoms with van der Waals surface area (Å²) in [5.41, 5.74) is 8.54. The number of rotatable bonds is 3. The first-order valence-electron chi connectivity index (χ1n) is 6.83. The summed E-state index contributed by atoms with van der Waals surface area (Å²) in [6, 6.07) is 13.4. The number of aryl methyl sites for hydroxylation is 1. The topological polar surface area (TPSA) is 62.1 Å². The fraction of sp³-hybridized carbons (Fsp3) is 0.118. The lowest BCUT2D eigenvalue weighted by Crippen LogP contribution is -2.35. The number of nitrogens with one attached hydrogen (secondary N) is 1. The average molecular weight is 279 g/mol. The van der Waals surface area contributed by atoms with Crippen LogP contribution in [0, 0.1) is 6.92 Å². The molecule has 3 N–H and O–H groups in total. The van der Waals surface area contributed by atoms with Gasteiger partial charge in [0.05, 0.1) is 6.54 Å². The number of hydrogen-bond donors (Lipinski definition) is 2. The van der Waals surface area contributed by atoms with E-state index < -0.39 is 6.03 Å².